The summed E-state index contributed by atoms with van der Waals surface area (Å²) in [6.45, 7) is 1.19. The van der Waals surface area contributed by atoms with Gasteiger partial charge in [-0.2, -0.15) is 0 Å². The molecule has 3 rings (SSSR count). The molecule has 0 fully saturated rings. The zero-order valence-corrected chi connectivity index (χ0v) is 11.0. The second-order valence-corrected chi connectivity index (χ2v) is 4.93. The third-order valence-electron chi connectivity index (χ3n) is 3.25. The molecule has 1 aliphatic rings. The van der Waals surface area contributed by atoms with E-state index in [0.29, 0.717) is 18.2 Å². The van der Waals surface area contributed by atoms with E-state index in [9.17, 15) is 4.39 Å². The molecule has 0 amide bonds. The predicted octanol–water partition coefficient (Wildman–Crippen LogP) is 3.70. The first-order valence-electron chi connectivity index (χ1n) is 6.13. The lowest BCUT2D eigenvalue weighted by atomic mass is 10.1. The summed E-state index contributed by atoms with van der Waals surface area (Å²) in [4.78, 5) is 0. The zero-order valence-electron chi connectivity index (χ0n) is 10.2. The van der Waals surface area contributed by atoms with Crippen molar-refractivity contribution >= 4 is 11.6 Å². The fourth-order valence-electron chi connectivity index (χ4n) is 2.23. The van der Waals surface area contributed by atoms with E-state index >= 15 is 0 Å². The van der Waals surface area contributed by atoms with Crippen LogP contribution in [0.25, 0.3) is 0 Å². The summed E-state index contributed by atoms with van der Waals surface area (Å²) in [6, 6.07) is 12.6. The number of halogens is 2. The van der Waals surface area contributed by atoms with Crippen LogP contribution >= 0.6 is 11.6 Å². The van der Waals surface area contributed by atoms with Crippen LogP contribution in [0.3, 0.4) is 0 Å². The smallest absolute Gasteiger partial charge is 0.124 e. The Morgan fingerprint density at radius 2 is 2.11 bits per heavy atom. The quantitative estimate of drug-likeness (QED) is 0.924. The van der Waals surface area contributed by atoms with E-state index in [2.05, 4.69) is 5.32 Å². The highest BCUT2D eigenvalue weighted by Crippen LogP contribution is 2.32. The molecule has 0 saturated heterocycles. The molecule has 0 spiro atoms. The molecule has 19 heavy (non-hydrogen) atoms. The summed E-state index contributed by atoms with van der Waals surface area (Å²) in [6.07, 6.45) is 0. The zero-order chi connectivity index (χ0) is 13.2. The third-order valence-corrected chi connectivity index (χ3v) is 3.61. The highest BCUT2D eigenvalue weighted by molar-refractivity contribution is 6.31. The van der Waals surface area contributed by atoms with Crippen LogP contribution in [0.1, 0.15) is 17.2 Å². The van der Waals surface area contributed by atoms with Crippen molar-refractivity contribution in [2.45, 2.75) is 12.6 Å². The number of benzene rings is 2. The average Bonchev–Trinajstić information content (AvgIpc) is 2.81. The van der Waals surface area contributed by atoms with Crippen LogP contribution in [0.4, 0.5) is 4.39 Å². The van der Waals surface area contributed by atoms with Crippen molar-refractivity contribution in [3.05, 3.63) is 64.4 Å². The van der Waals surface area contributed by atoms with Gasteiger partial charge in [0.1, 0.15) is 18.2 Å². The Bertz CT molecular complexity index is 602. The maximum absolute atomic E-state index is 13.0. The summed E-state index contributed by atoms with van der Waals surface area (Å²) >= 11 is 6.00. The predicted molar refractivity (Wildman–Crippen MR) is 72.9 cm³/mol. The van der Waals surface area contributed by atoms with Gasteiger partial charge in [-0.15, -0.1) is 0 Å². The van der Waals surface area contributed by atoms with Crippen molar-refractivity contribution in [3.63, 3.8) is 0 Å². The maximum Gasteiger partial charge on any atom is 0.124 e. The molecule has 1 atom stereocenters. The van der Waals surface area contributed by atoms with Gasteiger partial charge in [0.2, 0.25) is 0 Å². The average molecular weight is 278 g/mol. The van der Waals surface area contributed by atoms with E-state index in [-0.39, 0.29) is 11.9 Å². The standard InChI is InChI=1S/C15H13ClFNO/c16-13-7-11(17)6-5-10(13)8-18-14-9-19-15-4-2-1-3-12(14)15/h1-7,14,18H,8-9H2. The van der Waals surface area contributed by atoms with Crippen molar-refractivity contribution in [2.75, 3.05) is 6.61 Å². The molecule has 2 aromatic carbocycles. The van der Waals surface area contributed by atoms with Crippen molar-refractivity contribution in [3.8, 4) is 5.75 Å². The highest BCUT2D eigenvalue weighted by atomic mass is 35.5. The second kappa shape index (κ2) is 5.19. The van der Waals surface area contributed by atoms with E-state index in [1.807, 2.05) is 24.3 Å². The number of fused-ring (bicyclic) bond motifs is 1. The van der Waals surface area contributed by atoms with Crippen molar-refractivity contribution in [2.24, 2.45) is 0 Å². The van der Waals surface area contributed by atoms with Crippen LogP contribution in [0.2, 0.25) is 5.02 Å². The second-order valence-electron chi connectivity index (χ2n) is 4.52. The van der Waals surface area contributed by atoms with Crippen LogP contribution in [-0.4, -0.2) is 6.61 Å². The van der Waals surface area contributed by atoms with Crippen LogP contribution in [0.5, 0.6) is 5.75 Å². The van der Waals surface area contributed by atoms with Gasteiger partial charge in [0, 0.05) is 17.1 Å². The van der Waals surface area contributed by atoms with Crippen molar-refractivity contribution in [1.29, 1.82) is 0 Å². The molecule has 0 saturated carbocycles. The summed E-state index contributed by atoms with van der Waals surface area (Å²) in [7, 11) is 0. The number of hydrogen-bond acceptors (Lipinski definition) is 2. The lowest BCUT2D eigenvalue weighted by Gasteiger charge is -2.12. The minimum absolute atomic E-state index is 0.150. The molecule has 2 aromatic rings. The van der Waals surface area contributed by atoms with Gasteiger partial charge in [-0.1, -0.05) is 35.9 Å². The van der Waals surface area contributed by atoms with E-state index in [4.69, 9.17) is 16.3 Å². The molecule has 0 aromatic heterocycles. The van der Waals surface area contributed by atoms with E-state index < -0.39 is 0 Å². The molecule has 4 heteroatoms. The van der Waals surface area contributed by atoms with Crippen LogP contribution in [0.15, 0.2) is 42.5 Å². The number of rotatable bonds is 3. The fourth-order valence-corrected chi connectivity index (χ4v) is 2.46. The van der Waals surface area contributed by atoms with Gasteiger partial charge in [-0.05, 0) is 23.8 Å². The Morgan fingerprint density at radius 3 is 2.95 bits per heavy atom. The van der Waals surface area contributed by atoms with Gasteiger partial charge in [0.05, 0.1) is 6.04 Å². The monoisotopic (exact) mass is 277 g/mol. The highest BCUT2D eigenvalue weighted by Gasteiger charge is 2.22. The minimum Gasteiger partial charge on any atom is -0.491 e. The fraction of sp³-hybridized carbons (Fsp3) is 0.200. The lowest BCUT2D eigenvalue weighted by molar-refractivity contribution is 0.310. The van der Waals surface area contributed by atoms with Crippen molar-refractivity contribution < 1.29 is 9.13 Å². The molecule has 1 N–H and O–H groups in total. The summed E-state index contributed by atoms with van der Waals surface area (Å²) < 4.78 is 18.6. The Morgan fingerprint density at radius 1 is 1.26 bits per heavy atom. The van der Waals surface area contributed by atoms with Gasteiger partial charge in [-0.25, -0.2) is 4.39 Å². The third kappa shape index (κ3) is 2.57. The van der Waals surface area contributed by atoms with Gasteiger partial charge in [0.25, 0.3) is 0 Å². The molecular weight excluding hydrogens is 265 g/mol. The van der Waals surface area contributed by atoms with Gasteiger partial charge < -0.3 is 10.1 Å². The Kier molecular flexibility index (Phi) is 3.40. The van der Waals surface area contributed by atoms with Crippen LogP contribution in [0, 0.1) is 5.82 Å². The molecule has 0 aliphatic carbocycles. The van der Waals surface area contributed by atoms with Crippen LogP contribution in [-0.2, 0) is 6.54 Å². The number of nitrogens with one attached hydrogen (secondary N) is 1. The molecule has 98 valence electrons. The van der Waals surface area contributed by atoms with Gasteiger partial charge in [-0.3, -0.25) is 0 Å². The topological polar surface area (TPSA) is 21.3 Å². The Hall–Kier alpha value is -1.58. The first-order valence-corrected chi connectivity index (χ1v) is 6.51. The van der Waals surface area contributed by atoms with Crippen molar-refractivity contribution in [1.82, 2.24) is 5.32 Å². The van der Waals surface area contributed by atoms with Gasteiger partial charge >= 0.3 is 0 Å². The molecule has 1 unspecified atom stereocenters. The number of ether oxygens (including phenoxy) is 1. The molecule has 2 nitrogen and oxygen atoms in total. The maximum atomic E-state index is 13.0. The normalized spacial score (nSPS) is 17.1. The summed E-state index contributed by atoms with van der Waals surface area (Å²) in [5.41, 5.74) is 2.04. The first-order chi connectivity index (χ1) is 9.24. The SMILES string of the molecule is Fc1ccc(CNC2COc3ccccc32)c(Cl)c1. The first kappa shape index (κ1) is 12.5. The summed E-state index contributed by atoms with van der Waals surface area (Å²) in [5, 5.41) is 3.83. The molecular formula is C15H13ClFNO. The number of para-hydroxylation sites is 1. The van der Waals surface area contributed by atoms with E-state index in [1.54, 1.807) is 6.07 Å². The largest absolute Gasteiger partial charge is 0.491 e. The number of hydrogen-bond donors (Lipinski definition) is 1. The Balaban J connectivity index is 1.71. The summed E-state index contributed by atoms with van der Waals surface area (Å²) in [5.74, 6) is 0.605. The Labute approximate surface area is 116 Å². The minimum atomic E-state index is -0.316. The molecule has 0 bridgehead atoms. The molecule has 1 heterocycles. The van der Waals surface area contributed by atoms with E-state index in [0.717, 1.165) is 16.9 Å². The van der Waals surface area contributed by atoms with E-state index in [1.165, 1.54) is 12.1 Å². The molecule has 1 aliphatic heterocycles. The molecule has 0 radical (unpaired) electrons. The van der Waals surface area contributed by atoms with Crippen LogP contribution < -0.4 is 10.1 Å². The lowest BCUT2D eigenvalue weighted by Crippen LogP contribution is -2.22. The van der Waals surface area contributed by atoms with Gasteiger partial charge in [0.15, 0.2) is 0 Å².